The molecule has 8 heteroatoms. The molecule has 1 unspecified atom stereocenters. The van der Waals surface area contributed by atoms with Crippen molar-refractivity contribution in [2.75, 3.05) is 11.5 Å². The van der Waals surface area contributed by atoms with Crippen molar-refractivity contribution in [2.45, 2.75) is 45.6 Å². The third-order valence-electron chi connectivity index (χ3n) is 6.19. The van der Waals surface area contributed by atoms with Crippen LogP contribution in [0.3, 0.4) is 0 Å². The summed E-state index contributed by atoms with van der Waals surface area (Å²) < 4.78 is 11.4. The molecule has 192 valence electrons. The number of rotatable bonds is 7. The number of aliphatic carboxylic acids is 1. The molecular weight excluding hydrogens is 474 g/mol. The molecule has 0 aliphatic carbocycles. The molecule has 0 spiro atoms. The maximum atomic E-state index is 13.3. The molecule has 1 aliphatic rings. The summed E-state index contributed by atoms with van der Waals surface area (Å²) in [5.41, 5.74) is 1.73. The second-order valence-electron chi connectivity index (χ2n) is 9.82. The van der Waals surface area contributed by atoms with Gasteiger partial charge in [-0.2, -0.15) is 0 Å². The number of benzene rings is 2. The van der Waals surface area contributed by atoms with Crippen molar-refractivity contribution >= 4 is 29.1 Å². The standard InChI is InChI=1S/C29H29NO7/c1-5-36-21-13-10-18(16-20(21)29(2,3)4)26(33)24-25(22-7-6-14-37-22)30(28(35)27(24)34)19-11-8-17(9-12-19)15-23(31)32/h6-14,16,25,33H,5,15H2,1-4H3,(H,31,32)/b26-24-. The van der Waals surface area contributed by atoms with E-state index >= 15 is 0 Å². The van der Waals surface area contributed by atoms with Gasteiger partial charge in [0, 0.05) is 16.8 Å². The summed E-state index contributed by atoms with van der Waals surface area (Å²) in [5.74, 6) is -1.99. The summed E-state index contributed by atoms with van der Waals surface area (Å²) in [7, 11) is 0. The lowest BCUT2D eigenvalue weighted by Gasteiger charge is -2.25. The minimum Gasteiger partial charge on any atom is -0.507 e. The number of ketones is 1. The number of hydrogen-bond donors (Lipinski definition) is 2. The molecule has 0 radical (unpaired) electrons. The van der Waals surface area contributed by atoms with Gasteiger partial charge >= 0.3 is 5.97 Å². The number of hydrogen-bond acceptors (Lipinski definition) is 6. The van der Waals surface area contributed by atoms with Crippen molar-refractivity contribution < 1.29 is 33.8 Å². The first-order chi connectivity index (χ1) is 17.5. The molecule has 0 bridgehead atoms. The Balaban J connectivity index is 1.86. The average Bonchev–Trinajstić information content (AvgIpc) is 3.46. The Morgan fingerprint density at radius 2 is 1.76 bits per heavy atom. The normalized spacial score (nSPS) is 17.3. The van der Waals surface area contributed by atoms with Gasteiger partial charge in [-0.25, -0.2) is 0 Å². The van der Waals surface area contributed by atoms with Gasteiger partial charge in [0.2, 0.25) is 0 Å². The van der Waals surface area contributed by atoms with E-state index in [4.69, 9.17) is 14.3 Å². The number of carbonyl (C=O) groups is 3. The Morgan fingerprint density at radius 3 is 2.32 bits per heavy atom. The van der Waals surface area contributed by atoms with Crippen molar-refractivity contribution in [1.82, 2.24) is 0 Å². The van der Waals surface area contributed by atoms with Crippen LogP contribution >= 0.6 is 0 Å². The van der Waals surface area contributed by atoms with Gasteiger partial charge in [0.15, 0.2) is 0 Å². The van der Waals surface area contributed by atoms with E-state index in [1.54, 1.807) is 54.6 Å². The fraction of sp³-hybridized carbons (Fsp3) is 0.276. The Hall–Kier alpha value is -4.33. The van der Waals surface area contributed by atoms with Crippen molar-refractivity contribution in [1.29, 1.82) is 0 Å². The van der Waals surface area contributed by atoms with Gasteiger partial charge in [-0.1, -0.05) is 32.9 Å². The van der Waals surface area contributed by atoms with Gasteiger partial charge in [0.05, 0.1) is 24.9 Å². The predicted molar refractivity (Wildman–Crippen MR) is 138 cm³/mol. The number of ether oxygens (including phenoxy) is 1. The smallest absolute Gasteiger partial charge is 0.307 e. The van der Waals surface area contributed by atoms with Crippen molar-refractivity contribution in [2.24, 2.45) is 0 Å². The Kier molecular flexibility index (Phi) is 6.94. The third kappa shape index (κ3) is 5.00. The van der Waals surface area contributed by atoms with E-state index in [1.165, 1.54) is 11.2 Å². The monoisotopic (exact) mass is 503 g/mol. The molecule has 1 amide bonds. The second-order valence-corrected chi connectivity index (χ2v) is 9.82. The number of amides is 1. The predicted octanol–water partition coefficient (Wildman–Crippen LogP) is 5.23. The quantitative estimate of drug-likeness (QED) is 0.258. The molecular formula is C29H29NO7. The van der Waals surface area contributed by atoms with E-state index in [9.17, 15) is 19.5 Å². The van der Waals surface area contributed by atoms with Crippen molar-refractivity contribution in [3.8, 4) is 5.75 Å². The molecule has 2 aromatic carbocycles. The minimum absolute atomic E-state index is 0.0985. The molecule has 2 N–H and O–H groups in total. The average molecular weight is 504 g/mol. The number of aliphatic hydroxyl groups excluding tert-OH is 1. The molecule has 3 aromatic rings. The van der Waals surface area contributed by atoms with Crippen molar-refractivity contribution in [3.05, 3.63) is 88.9 Å². The van der Waals surface area contributed by atoms with Crippen LogP contribution in [0.2, 0.25) is 0 Å². The third-order valence-corrected chi connectivity index (χ3v) is 6.19. The van der Waals surface area contributed by atoms with Crippen LogP contribution in [-0.4, -0.2) is 34.5 Å². The van der Waals surface area contributed by atoms with Gasteiger partial charge in [0.25, 0.3) is 11.7 Å². The van der Waals surface area contributed by atoms with Crippen molar-refractivity contribution in [3.63, 3.8) is 0 Å². The molecule has 1 fully saturated rings. The Labute approximate surface area is 214 Å². The molecule has 4 rings (SSSR count). The van der Waals surface area contributed by atoms with E-state index in [0.717, 1.165) is 5.56 Å². The molecule has 1 saturated heterocycles. The lowest BCUT2D eigenvalue weighted by molar-refractivity contribution is -0.136. The van der Waals surface area contributed by atoms with Crippen LogP contribution in [0.4, 0.5) is 5.69 Å². The number of carbonyl (C=O) groups excluding carboxylic acids is 2. The summed E-state index contributed by atoms with van der Waals surface area (Å²) in [6.45, 7) is 8.42. The number of nitrogens with zero attached hydrogens (tertiary/aromatic N) is 1. The van der Waals surface area contributed by atoms with Crippen LogP contribution in [0.5, 0.6) is 5.75 Å². The summed E-state index contributed by atoms with van der Waals surface area (Å²) in [5, 5.41) is 20.5. The molecule has 0 saturated carbocycles. The first-order valence-corrected chi connectivity index (χ1v) is 12.0. The highest BCUT2D eigenvalue weighted by Crippen LogP contribution is 2.43. The summed E-state index contributed by atoms with van der Waals surface area (Å²) in [6.07, 6.45) is 1.26. The second kappa shape index (κ2) is 9.97. The number of furan rings is 1. The van der Waals surface area contributed by atoms with Gasteiger partial charge in [-0.05, 0) is 60.4 Å². The maximum absolute atomic E-state index is 13.3. The van der Waals surface area contributed by atoms with E-state index in [2.05, 4.69) is 0 Å². The van der Waals surface area contributed by atoms with Gasteiger partial charge in [-0.15, -0.1) is 0 Å². The Morgan fingerprint density at radius 1 is 1.05 bits per heavy atom. The SMILES string of the molecule is CCOc1ccc(/C(O)=C2/C(=O)C(=O)N(c3ccc(CC(=O)O)cc3)C2c2ccco2)cc1C(C)(C)C. The number of carboxylic acids is 1. The summed E-state index contributed by atoms with van der Waals surface area (Å²) in [4.78, 5) is 38.9. The highest BCUT2D eigenvalue weighted by atomic mass is 16.5. The topological polar surface area (TPSA) is 117 Å². The van der Waals surface area contributed by atoms with Gasteiger partial charge in [0.1, 0.15) is 23.3 Å². The van der Waals surface area contributed by atoms with E-state index in [1.807, 2.05) is 27.7 Å². The molecule has 37 heavy (non-hydrogen) atoms. The lowest BCUT2D eigenvalue weighted by Crippen LogP contribution is -2.29. The fourth-order valence-electron chi connectivity index (χ4n) is 4.46. The molecule has 1 atom stereocenters. The fourth-order valence-corrected chi connectivity index (χ4v) is 4.46. The van der Waals surface area contributed by atoms with Crippen LogP contribution < -0.4 is 9.64 Å². The zero-order chi connectivity index (χ0) is 26.9. The van der Waals surface area contributed by atoms with Crippen LogP contribution in [0.15, 0.2) is 70.9 Å². The number of Topliss-reactive ketones (excluding diaryl/α,β-unsaturated/α-hetero) is 1. The zero-order valence-electron chi connectivity index (χ0n) is 21.1. The van der Waals surface area contributed by atoms with E-state index in [-0.39, 0.29) is 23.2 Å². The molecule has 1 aliphatic heterocycles. The van der Waals surface area contributed by atoms with Gasteiger partial charge < -0.3 is 19.4 Å². The first-order valence-electron chi connectivity index (χ1n) is 12.0. The number of anilines is 1. The maximum Gasteiger partial charge on any atom is 0.307 e. The van der Waals surface area contributed by atoms with E-state index < -0.39 is 23.7 Å². The van der Waals surface area contributed by atoms with Gasteiger partial charge in [-0.3, -0.25) is 19.3 Å². The molecule has 8 nitrogen and oxygen atoms in total. The Bertz CT molecular complexity index is 1360. The zero-order valence-corrected chi connectivity index (χ0v) is 21.1. The lowest BCUT2D eigenvalue weighted by atomic mass is 9.84. The van der Waals surface area contributed by atoms with Crippen LogP contribution in [-0.2, 0) is 26.2 Å². The summed E-state index contributed by atoms with van der Waals surface area (Å²) >= 11 is 0. The molecule has 2 heterocycles. The van der Waals surface area contributed by atoms with Crippen LogP contribution in [0.1, 0.15) is 56.2 Å². The van der Waals surface area contributed by atoms with E-state index in [0.29, 0.717) is 34.9 Å². The molecule has 1 aromatic heterocycles. The first kappa shape index (κ1) is 25.8. The van der Waals surface area contributed by atoms with Crippen LogP contribution in [0, 0.1) is 0 Å². The van der Waals surface area contributed by atoms with Crippen LogP contribution in [0.25, 0.3) is 5.76 Å². The highest BCUT2D eigenvalue weighted by molar-refractivity contribution is 6.51. The largest absolute Gasteiger partial charge is 0.507 e. The number of carboxylic acid groups (broad SMARTS) is 1. The number of aliphatic hydroxyl groups is 1. The summed E-state index contributed by atoms with van der Waals surface area (Å²) in [6, 6.07) is 13.8. The minimum atomic E-state index is -1.01. The highest BCUT2D eigenvalue weighted by Gasteiger charge is 2.48.